The zero-order valence-corrected chi connectivity index (χ0v) is 17.9. The Morgan fingerprint density at radius 1 is 1.16 bits per heavy atom. The van der Waals surface area contributed by atoms with Gasteiger partial charge in [0.25, 0.3) is 11.9 Å². The van der Waals surface area contributed by atoms with Crippen molar-refractivity contribution in [3.8, 4) is 23.0 Å². The summed E-state index contributed by atoms with van der Waals surface area (Å²) < 4.78 is 11.6. The van der Waals surface area contributed by atoms with Crippen LogP contribution >= 0.6 is 0 Å². The first-order chi connectivity index (χ1) is 15.6. The zero-order chi connectivity index (χ0) is 22.2. The Morgan fingerprint density at radius 2 is 1.97 bits per heavy atom. The van der Waals surface area contributed by atoms with E-state index < -0.39 is 5.97 Å². The van der Waals surface area contributed by atoms with Gasteiger partial charge in [-0.25, -0.2) is 14.6 Å². The van der Waals surface area contributed by atoms with Gasteiger partial charge in [0.05, 0.1) is 37.4 Å². The summed E-state index contributed by atoms with van der Waals surface area (Å²) in [6.45, 7) is -0.194. The average molecular weight is 433 g/mol. The van der Waals surface area contributed by atoms with Crippen molar-refractivity contribution in [3.63, 3.8) is 0 Å². The Morgan fingerprint density at radius 3 is 2.72 bits per heavy atom. The van der Waals surface area contributed by atoms with Gasteiger partial charge < -0.3 is 14.8 Å². The van der Waals surface area contributed by atoms with Crippen LogP contribution < -0.4 is 10.1 Å². The van der Waals surface area contributed by atoms with Crippen molar-refractivity contribution < 1.29 is 19.1 Å². The van der Waals surface area contributed by atoms with Gasteiger partial charge in [-0.3, -0.25) is 9.59 Å². The lowest BCUT2D eigenvalue weighted by molar-refractivity contribution is -0.139. The molecule has 0 unspecified atom stereocenters. The fraction of sp³-hybridized carbons (Fsp3) is 0.348. The SMILES string of the molecule is COC(=O)CNC(=O)c1cnn(-c2ncc3c(n2)-c2ccc(OC)cc2CC3)c1C1CC1. The van der Waals surface area contributed by atoms with E-state index >= 15 is 0 Å². The summed E-state index contributed by atoms with van der Waals surface area (Å²) in [6.07, 6.45) is 7.06. The number of hydrogen-bond donors (Lipinski definition) is 1. The number of nitrogens with one attached hydrogen (secondary N) is 1. The lowest BCUT2D eigenvalue weighted by Crippen LogP contribution is -2.30. The molecular formula is C23H23N5O4. The van der Waals surface area contributed by atoms with E-state index in [1.54, 1.807) is 11.8 Å². The summed E-state index contributed by atoms with van der Waals surface area (Å²) in [7, 11) is 2.94. The first-order valence-electron chi connectivity index (χ1n) is 10.6. The van der Waals surface area contributed by atoms with E-state index in [1.165, 1.54) is 18.9 Å². The Kier molecular flexibility index (Phi) is 5.08. The minimum Gasteiger partial charge on any atom is -0.497 e. The molecule has 2 aliphatic carbocycles. The summed E-state index contributed by atoms with van der Waals surface area (Å²) in [5.41, 5.74) is 5.43. The second-order valence-corrected chi connectivity index (χ2v) is 7.96. The molecule has 1 saturated carbocycles. The third-order valence-corrected chi connectivity index (χ3v) is 5.91. The molecule has 1 aromatic carbocycles. The van der Waals surface area contributed by atoms with Gasteiger partial charge in [-0.1, -0.05) is 0 Å². The molecular weight excluding hydrogens is 410 g/mol. The third kappa shape index (κ3) is 3.59. The molecule has 9 nitrogen and oxygen atoms in total. The third-order valence-electron chi connectivity index (χ3n) is 5.91. The van der Waals surface area contributed by atoms with Crippen LogP contribution in [0.4, 0.5) is 0 Å². The van der Waals surface area contributed by atoms with Crippen LogP contribution in [0.1, 0.15) is 45.9 Å². The maximum Gasteiger partial charge on any atom is 0.325 e. The Bertz CT molecular complexity index is 1220. The van der Waals surface area contributed by atoms with Crippen LogP contribution in [0.3, 0.4) is 0 Å². The molecule has 2 aliphatic rings. The Hall–Kier alpha value is -3.75. The average Bonchev–Trinajstić information content (AvgIpc) is 3.58. The number of nitrogens with zero attached hydrogens (tertiary/aromatic N) is 4. The first-order valence-corrected chi connectivity index (χ1v) is 10.6. The molecule has 164 valence electrons. The summed E-state index contributed by atoms with van der Waals surface area (Å²) >= 11 is 0. The smallest absolute Gasteiger partial charge is 0.325 e. The molecule has 0 radical (unpaired) electrons. The molecule has 0 spiro atoms. The van der Waals surface area contributed by atoms with Gasteiger partial charge >= 0.3 is 5.97 Å². The van der Waals surface area contributed by atoms with Crippen molar-refractivity contribution in [2.24, 2.45) is 0 Å². The number of fused-ring (bicyclic) bond motifs is 3. The number of methoxy groups -OCH3 is 2. The van der Waals surface area contributed by atoms with E-state index in [-0.39, 0.29) is 18.4 Å². The summed E-state index contributed by atoms with van der Waals surface area (Å²) in [4.78, 5) is 33.5. The van der Waals surface area contributed by atoms with Gasteiger partial charge in [0, 0.05) is 17.7 Å². The maximum atomic E-state index is 12.7. The number of aromatic nitrogens is 4. The predicted octanol–water partition coefficient (Wildman–Crippen LogP) is 2.22. The topological polar surface area (TPSA) is 108 Å². The molecule has 0 aliphatic heterocycles. The van der Waals surface area contributed by atoms with Crippen molar-refractivity contribution in [1.82, 2.24) is 25.1 Å². The second-order valence-electron chi connectivity index (χ2n) is 7.96. The van der Waals surface area contributed by atoms with Crippen LogP contribution in [0.5, 0.6) is 5.75 Å². The minimum absolute atomic E-state index is 0.194. The van der Waals surface area contributed by atoms with Gasteiger partial charge in [-0.15, -0.1) is 0 Å². The summed E-state index contributed by atoms with van der Waals surface area (Å²) in [6, 6.07) is 6.01. The number of hydrogen-bond acceptors (Lipinski definition) is 7. The number of amides is 1. The molecule has 0 bridgehead atoms. The highest BCUT2D eigenvalue weighted by Crippen LogP contribution is 2.42. The van der Waals surface area contributed by atoms with Crippen LogP contribution in [0.15, 0.2) is 30.6 Å². The van der Waals surface area contributed by atoms with Crippen molar-refractivity contribution in [3.05, 3.63) is 53.0 Å². The van der Waals surface area contributed by atoms with Crippen molar-refractivity contribution in [1.29, 1.82) is 0 Å². The molecule has 1 N–H and O–H groups in total. The van der Waals surface area contributed by atoms with Gasteiger partial charge in [0.1, 0.15) is 12.3 Å². The van der Waals surface area contributed by atoms with E-state index in [4.69, 9.17) is 9.72 Å². The molecule has 3 aromatic rings. The van der Waals surface area contributed by atoms with E-state index in [0.29, 0.717) is 11.5 Å². The number of carbonyl (C=O) groups excluding carboxylic acids is 2. The standard InChI is InChI=1S/C23H23N5O4/c1-31-16-7-8-17-14(9-16)5-6-15-10-25-23(27-20(15)17)28-21(13-3-4-13)18(11-26-28)22(30)24-12-19(29)32-2/h7-11,13H,3-6,12H2,1-2H3,(H,24,30). The highest BCUT2D eigenvalue weighted by atomic mass is 16.5. The number of ether oxygens (including phenoxy) is 2. The molecule has 1 fully saturated rings. The summed E-state index contributed by atoms with van der Waals surface area (Å²) in [5, 5.41) is 7.03. The van der Waals surface area contributed by atoms with Crippen LogP contribution in [0, 0.1) is 0 Å². The van der Waals surface area contributed by atoms with Gasteiger partial charge in [0.2, 0.25) is 0 Å². The molecule has 2 heterocycles. The maximum absolute atomic E-state index is 12.7. The second kappa shape index (κ2) is 8.07. The van der Waals surface area contributed by atoms with E-state index in [9.17, 15) is 9.59 Å². The predicted molar refractivity (Wildman–Crippen MR) is 115 cm³/mol. The fourth-order valence-corrected chi connectivity index (χ4v) is 4.08. The van der Waals surface area contributed by atoms with Crippen LogP contribution in [-0.2, 0) is 22.4 Å². The quantitative estimate of drug-likeness (QED) is 0.594. The van der Waals surface area contributed by atoms with Gasteiger partial charge in [-0.2, -0.15) is 5.10 Å². The van der Waals surface area contributed by atoms with E-state index in [1.807, 2.05) is 24.4 Å². The van der Waals surface area contributed by atoms with Crippen LogP contribution in [0.2, 0.25) is 0 Å². The molecule has 0 saturated heterocycles. The number of carbonyl (C=O) groups is 2. The normalized spacial score (nSPS) is 14.3. The highest BCUT2D eigenvalue weighted by molar-refractivity contribution is 5.97. The van der Waals surface area contributed by atoms with Crippen molar-refractivity contribution in [2.75, 3.05) is 20.8 Å². The molecule has 1 amide bonds. The van der Waals surface area contributed by atoms with E-state index in [2.05, 4.69) is 20.1 Å². The molecule has 2 aromatic heterocycles. The monoisotopic (exact) mass is 433 g/mol. The van der Waals surface area contributed by atoms with Crippen LogP contribution in [0.25, 0.3) is 17.2 Å². The molecule has 32 heavy (non-hydrogen) atoms. The first kappa shape index (κ1) is 20.2. The van der Waals surface area contributed by atoms with Crippen molar-refractivity contribution >= 4 is 11.9 Å². The highest BCUT2D eigenvalue weighted by Gasteiger charge is 2.34. The molecule has 9 heteroatoms. The van der Waals surface area contributed by atoms with Crippen molar-refractivity contribution in [2.45, 2.75) is 31.6 Å². The number of esters is 1. The Balaban J connectivity index is 1.52. The number of benzene rings is 1. The largest absolute Gasteiger partial charge is 0.497 e. The summed E-state index contributed by atoms with van der Waals surface area (Å²) in [5.74, 6) is 0.604. The lowest BCUT2D eigenvalue weighted by Gasteiger charge is -2.20. The Labute approximate surface area is 184 Å². The minimum atomic E-state index is -0.507. The molecule has 0 atom stereocenters. The number of rotatable bonds is 6. The van der Waals surface area contributed by atoms with Gasteiger partial charge in [0.15, 0.2) is 0 Å². The fourth-order valence-electron chi connectivity index (χ4n) is 4.08. The zero-order valence-electron chi connectivity index (χ0n) is 17.9. The number of aryl methyl sites for hydroxylation is 2. The van der Waals surface area contributed by atoms with E-state index in [0.717, 1.165) is 53.9 Å². The molecule has 5 rings (SSSR count). The van der Waals surface area contributed by atoms with Gasteiger partial charge in [-0.05, 0) is 55.0 Å². The lowest BCUT2D eigenvalue weighted by atomic mass is 9.90. The van der Waals surface area contributed by atoms with Crippen LogP contribution in [-0.4, -0.2) is 52.4 Å².